The molecule has 0 aliphatic carbocycles. The molecule has 10 atom stereocenters. The number of thioether (sulfide) groups is 1. The molecule has 73 heavy (non-hydrogen) atoms. The summed E-state index contributed by atoms with van der Waals surface area (Å²) in [6.07, 6.45) is 0.880. The number of amides is 1. The zero-order valence-electron chi connectivity index (χ0n) is 41.9. The average Bonchev–Trinajstić information content (AvgIpc) is 3.59. The number of hydrogen-bond acceptors (Lipinski definition) is 23. The van der Waals surface area contributed by atoms with Crippen LogP contribution in [0.1, 0.15) is 39.0 Å². The first-order valence-electron chi connectivity index (χ1n) is 19.7. The Bertz CT molecular complexity index is 1520. The molecule has 0 aromatic rings. The number of rotatable bonds is 32. The molecule has 0 spiro atoms. The first-order valence-corrected chi connectivity index (χ1v) is 47.9. The molecule has 22 nitrogen and oxygen atoms in total. The molecule has 42 heteroatoms. The Balaban J connectivity index is -0.000000131. The van der Waals surface area contributed by atoms with Gasteiger partial charge in [-0.25, -0.2) is 22.2 Å². The third kappa shape index (κ3) is 71.4. The molecule has 1 aliphatic heterocycles. The molecular formula is C31H74N2Na2O20P14S4. The van der Waals surface area contributed by atoms with Gasteiger partial charge in [-0.2, -0.15) is 0 Å². The van der Waals surface area contributed by atoms with E-state index in [9.17, 15) is 24.0 Å². The number of methoxy groups -OCH3 is 2. The van der Waals surface area contributed by atoms with E-state index in [2.05, 4.69) is 108 Å². The van der Waals surface area contributed by atoms with E-state index in [4.69, 9.17) is 63.1 Å². The summed E-state index contributed by atoms with van der Waals surface area (Å²) in [4.78, 5) is 56.6. The minimum absolute atomic E-state index is 0. The van der Waals surface area contributed by atoms with Crippen molar-refractivity contribution in [1.82, 2.24) is 11.5 Å². The third-order valence-corrected chi connectivity index (χ3v) is 86.5. The van der Waals surface area contributed by atoms with Crippen molar-refractivity contribution in [1.29, 1.82) is 0 Å². The quantitative estimate of drug-likeness (QED) is 0.0127. The molecule has 1 aliphatic rings. The van der Waals surface area contributed by atoms with Crippen molar-refractivity contribution in [3.8, 4) is 0 Å². The van der Waals surface area contributed by atoms with Gasteiger partial charge in [0.15, 0.2) is 5.12 Å². The van der Waals surface area contributed by atoms with Crippen molar-refractivity contribution in [2.75, 3.05) is 105 Å². The van der Waals surface area contributed by atoms with E-state index in [1.54, 1.807) is 14.2 Å². The van der Waals surface area contributed by atoms with E-state index in [-0.39, 0.29) is 163 Å². The average molecular weight is 1400 g/mol. The van der Waals surface area contributed by atoms with Crippen LogP contribution in [0.3, 0.4) is 0 Å². The number of alkyl carbamates (subject to hydrolysis) is 1. The van der Waals surface area contributed by atoms with E-state index in [1.807, 2.05) is 6.92 Å². The largest absolute Gasteiger partial charge is 1.00 e. The van der Waals surface area contributed by atoms with Gasteiger partial charge in [-0.1, -0.05) is 6.92 Å². The number of thiol groups is 1. The van der Waals surface area contributed by atoms with Crippen LogP contribution in [0.4, 0.5) is 4.79 Å². The Kier molecular flexibility index (Phi) is 90.4. The van der Waals surface area contributed by atoms with Crippen LogP contribution < -0.4 is 70.6 Å². The minimum Gasteiger partial charge on any atom is -0.463 e. The second-order valence-electron chi connectivity index (χ2n) is 11.8. The predicted molar refractivity (Wildman–Crippen MR) is 325 cm³/mol. The van der Waals surface area contributed by atoms with Crippen molar-refractivity contribution in [3.63, 3.8) is 0 Å². The normalized spacial score (nSPS) is 12.5. The van der Waals surface area contributed by atoms with Crippen LogP contribution in [0, 0.1) is 19.8 Å². The van der Waals surface area contributed by atoms with Crippen molar-refractivity contribution in [2.45, 2.75) is 45.1 Å². The monoisotopic (exact) mass is 1400 g/mol. The van der Waals surface area contributed by atoms with Crippen LogP contribution in [-0.2, 0) is 83.0 Å². The van der Waals surface area contributed by atoms with E-state index in [0.29, 0.717) is 77.4 Å². The molecular weight excluding hydrogens is 1330 g/mol. The number of esters is 3. The zero-order valence-corrected chi connectivity index (χ0v) is 63.8. The maximum absolute atomic E-state index is 11.7. The molecule has 424 valence electrons. The number of carbonyl (C=O) groups is 5. The predicted octanol–water partition coefficient (Wildman–Crippen LogP) is 2.42. The van der Waals surface area contributed by atoms with Gasteiger partial charge in [0, 0.05) is 33.0 Å². The molecule has 0 radical (unpaired) electrons. The van der Waals surface area contributed by atoms with Gasteiger partial charge in [-0.3, -0.25) is 14.4 Å². The zero-order chi connectivity index (χ0) is 54.9. The van der Waals surface area contributed by atoms with Gasteiger partial charge in [0.2, 0.25) is 0 Å². The summed E-state index contributed by atoms with van der Waals surface area (Å²) >= 11 is 4.89. The summed E-state index contributed by atoms with van der Waals surface area (Å²) in [7, 11) is 21.4. The maximum Gasteiger partial charge on any atom is 1.00 e. The number of carbonyl (C=O) groups excluding carboxylic acids is 5. The fourth-order valence-electron chi connectivity index (χ4n) is 3.95. The van der Waals surface area contributed by atoms with Gasteiger partial charge >= 0.3 is 104 Å². The summed E-state index contributed by atoms with van der Waals surface area (Å²) in [5.41, 5.74) is 0. The standard InChI is InChI=1S/C16H29O6S.C13H21NO8.C2H5S.H3N.2Na.2O3S.H16P14/c1-4-14(16(18)23-5-2)6-7-15(17)22-13-12-21-11-10-20-9-8-19-3;1-18-4-5-19-6-7-20-8-9-21-11(15)3-2-10-12(16)22-13(17)14-10;1-2-3;;;;2*1-4(2)3;1-9(2)13(10(3)4)14(11(5)6)12(7)8/h14H,2,4-13H2,1,3H3;10H,2-9H2,1H3,(H,14,17);3H,1-2H2;1H3;;;;;1-8H2/q-1;;-1;;2*+1;;;/t14-;10-;;;;;;;/m00......./s1. The third-order valence-electron chi connectivity index (χ3n) is 6.75. The van der Waals surface area contributed by atoms with Gasteiger partial charge < -0.3 is 67.9 Å². The van der Waals surface area contributed by atoms with Gasteiger partial charge in [0.1, 0.15) is 19.3 Å². The summed E-state index contributed by atoms with van der Waals surface area (Å²) < 4.78 is 95.5. The Morgan fingerprint density at radius 3 is 1.25 bits per heavy atom. The SMILES string of the molecule is COCCOCCOCCOC(=O)CC[C@@H]1NC(=O)OC1=O.N.O=S(=O)=O.O=S(=O)=O.PP(P)P(P(P)P)P(P(P)P)P(P)P.[CH2-]CS.[CH2-]CSC(=O)[C@@H](CC)CCC(=O)OCCOCCOCCOC.[Na+].[Na+]. The van der Waals surface area contributed by atoms with E-state index < -0.39 is 45.3 Å². The molecule has 1 amide bonds. The van der Waals surface area contributed by atoms with Gasteiger partial charge in [0.25, 0.3) is 0 Å². The molecule has 1 heterocycles. The van der Waals surface area contributed by atoms with E-state index in [0.717, 1.165) is 6.42 Å². The number of hydrogen-bond donors (Lipinski definition) is 3. The summed E-state index contributed by atoms with van der Waals surface area (Å²) in [6, 6.07) is -0.777. The van der Waals surface area contributed by atoms with Crippen LogP contribution in [-0.4, -0.2) is 165 Å². The Morgan fingerprint density at radius 1 is 0.658 bits per heavy atom. The van der Waals surface area contributed by atoms with Crippen molar-refractivity contribution >= 4 is 188 Å². The van der Waals surface area contributed by atoms with Crippen molar-refractivity contribution < 1.29 is 151 Å². The van der Waals surface area contributed by atoms with Crippen molar-refractivity contribution in [2.24, 2.45) is 5.92 Å². The number of nitrogens with one attached hydrogen (secondary N) is 1. The molecule has 0 saturated carbocycles. The summed E-state index contributed by atoms with van der Waals surface area (Å²) in [5, 5.41) is 2.40. The van der Waals surface area contributed by atoms with Gasteiger partial charge in [-0.15, -0.1) is 120 Å². The molecule has 0 bridgehead atoms. The number of cyclic esters (lactones) is 2. The first-order chi connectivity index (χ1) is 32.9. The molecule has 1 saturated heterocycles. The maximum atomic E-state index is 11.7. The topological polar surface area (TPSA) is 318 Å². The van der Waals surface area contributed by atoms with Crippen LogP contribution in [0.15, 0.2) is 0 Å². The van der Waals surface area contributed by atoms with Crippen LogP contribution >= 0.6 is 138 Å². The molecule has 1 rings (SSSR count). The fraction of sp³-hybridized carbons (Fsp3) is 0.774. The van der Waals surface area contributed by atoms with Crippen LogP contribution in [0.2, 0.25) is 0 Å². The Labute approximate surface area is 514 Å². The summed E-state index contributed by atoms with van der Waals surface area (Å²) in [5.74, 6) is -0.319. The Hall–Kier alpha value is 5.23. The second-order valence-corrected chi connectivity index (χ2v) is 67.7. The molecule has 0 aromatic carbocycles. The first kappa shape index (κ1) is 94.6. The molecule has 8 unspecified atom stereocenters. The van der Waals surface area contributed by atoms with Crippen LogP contribution in [0.5, 0.6) is 0 Å². The molecule has 1 fully saturated rings. The van der Waals surface area contributed by atoms with Crippen molar-refractivity contribution in [3.05, 3.63) is 13.8 Å². The molecule has 0 aromatic heterocycles. The Morgan fingerprint density at radius 2 is 0.973 bits per heavy atom. The second kappa shape index (κ2) is 69.7. The van der Waals surface area contributed by atoms with Crippen LogP contribution in [0.25, 0.3) is 0 Å². The van der Waals surface area contributed by atoms with Gasteiger partial charge in [-0.05, 0) is 61.2 Å². The molecule has 4 N–H and O–H groups in total. The van der Waals surface area contributed by atoms with E-state index >= 15 is 0 Å². The summed E-state index contributed by atoms with van der Waals surface area (Å²) in [6.45, 7) is 14.6. The van der Waals surface area contributed by atoms with E-state index in [1.165, 1.54) is 11.8 Å². The smallest absolute Gasteiger partial charge is 0.463 e. The number of ether oxygens (including phenoxy) is 9. The fourth-order valence-corrected chi connectivity index (χ4v) is 152. The van der Waals surface area contributed by atoms with Gasteiger partial charge in [0.05, 0.1) is 66.1 Å². The minimum atomic E-state index is -3.11.